The smallest absolute Gasteiger partial charge is 0.187 e. The lowest BCUT2D eigenvalue weighted by molar-refractivity contribution is 0.197. The lowest BCUT2D eigenvalue weighted by atomic mass is 10.1. The Morgan fingerprint density at radius 2 is 2.17 bits per heavy atom. The first-order chi connectivity index (χ1) is 8.56. The number of aliphatic imine (C=N–C) groups is 1. The predicted octanol–water partition coefficient (Wildman–Crippen LogP) is 1.68. The van der Waals surface area contributed by atoms with E-state index < -0.39 is 0 Å². The molecule has 0 aromatic rings. The van der Waals surface area contributed by atoms with E-state index in [0.29, 0.717) is 0 Å². The molecule has 0 saturated carbocycles. The molecule has 0 aromatic heterocycles. The van der Waals surface area contributed by atoms with Gasteiger partial charge in [0.2, 0.25) is 0 Å². The van der Waals surface area contributed by atoms with Gasteiger partial charge >= 0.3 is 0 Å². The Morgan fingerprint density at radius 1 is 1.50 bits per heavy atom. The van der Waals surface area contributed by atoms with Crippen molar-refractivity contribution in [1.82, 2.24) is 10.2 Å². The van der Waals surface area contributed by atoms with Crippen molar-refractivity contribution in [2.45, 2.75) is 32.4 Å². The number of epoxide rings is 1. The van der Waals surface area contributed by atoms with Gasteiger partial charge in [0.05, 0.1) is 12.3 Å². The maximum Gasteiger partial charge on any atom is 0.187 e. The standard InChI is InChI=1S/C14H27N3O/c1-6-7-8-16-10-12(2)9-13(15-3)14(11-18-14)17(4)5/h9,16H,6-8,10-11H2,1-5H3/b12-9+,15-13?. The lowest BCUT2D eigenvalue weighted by Crippen LogP contribution is -2.39. The summed E-state index contributed by atoms with van der Waals surface area (Å²) in [6.45, 7) is 7.07. The van der Waals surface area contributed by atoms with Gasteiger partial charge in [-0.05, 0) is 40.1 Å². The van der Waals surface area contributed by atoms with Crippen LogP contribution in [0.3, 0.4) is 0 Å². The molecule has 0 spiro atoms. The van der Waals surface area contributed by atoms with E-state index >= 15 is 0 Å². The fourth-order valence-electron chi connectivity index (χ4n) is 1.93. The molecule has 0 bridgehead atoms. The molecule has 1 saturated heterocycles. The largest absolute Gasteiger partial charge is 0.347 e. The zero-order chi connectivity index (χ0) is 13.6. The van der Waals surface area contributed by atoms with E-state index in [1.165, 1.54) is 18.4 Å². The van der Waals surface area contributed by atoms with Crippen LogP contribution >= 0.6 is 0 Å². The first-order valence-electron chi connectivity index (χ1n) is 6.73. The molecule has 104 valence electrons. The number of unbranched alkanes of at least 4 members (excludes halogenated alkanes) is 1. The molecule has 1 unspecified atom stereocenters. The molecule has 1 heterocycles. The van der Waals surface area contributed by atoms with Gasteiger partial charge in [0, 0.05) is 13.6 Å². The monoisotopic (exact) mass is 253 g/mol. The number of hydrogen-bond donors (Lipinski definition) is 1. The Kier molecular flexibility index (Phi) is 5.99. The van der Waals surface area contributed by atoms with E-state index in [9.17, 15) is 0 Å². The quantitative estimate of drug-likeness (QED) is 0.406. The summed E-state index contributed by atoms with van der Waals surface area (Å²) < 4.78 is 5.58. The second kappa shape index (κ2) is 7.02. The lowest BCUT2D eigenvalue weighted by Gasteiger charge is -2.20. The van der Waals surface area contributed by atoms with Crippen LogP contribution in [0, 0.1) is 0 Å². The molecule has 0 aromatic carbocycles. The van der Waals surface area contributed by atoms with Gasteiger partial charge in [-0.25, -0.2) is 0 Å². The Morgan fingerprint density at radius 3 is 2.61 bits per heavy atom. The summed E-state index contributed by atoms with van der Waals surface area (Å²) in [4.78, 5) is 6.46. The summed E-state index contributed by atoms with van der Waals surface area (Å²) in [5.74, 6) is 0. The van der Waals surface area contributed by atoms with Crippen molar-refractivity contribution < 1.29 is 4.74 Å². The summed E-state index contributed by atoms with van der Waals surface area (Å²) >= 11 is 0. The van der Waals surface area contributed by atoms with Gasteiger partial charge in [-0.1, -0.05) is 18.9 Å². The van der Waals surface area contributed by atoms with Gasteiger partial charge in [0.15, 0.2) is 5.72 Å². The molecule has 1 aliphatic heterocycles. The molecule has 0 amide bonds. The molecule has 1 rings (SSSR count). The number of likely N-dealkylation sites (N-methyl/N-ethyl adjacent to an activating group) is 1. The van der Waals surface area contributed by atoms with Gasteiger partial charge in [-0.15, -0.1) is 0 Å². The highest BCUT2D eigenvalue weighted by molar-refractivity contribution is 6.03. The van der Waals surface area contributed by atoms with Crippen LogP contribution in [0.4, 0.5) is 0 Å². The van der Waals surface area contributed by atoms with Gasteiger partial charge < -0.3 is 10.1 Å². The van der Waals surface area contributed by atoms with Gasteiger partial charge in [-0.3, -0.25) is 9.89 Å². The van der Waals surface area contributed by atoms with Crippen LogP contribution in [-0.2, 0) is 4.74 Å². The van der Waals surface area contributed by atoms with Crippen LogP contribution in [-0.4, -0.2) is 57.2 Å². The Bertz CT molecular complexity index is 317. The maximum absolute atomic E-state index is 5.58. The molecule has 1 fully saturated rings. The van der Waals surface area contributed by atoms with Gasteiger partial charge in [-0.2, -0.15) is 0 Å². The molecule has 0 radical (unpaired) electrons. The summed E-state index contributed by atoms with van der Waals surface area (Å²) in [7, 11) is 5.89. The first kappa shape index (κ1) is 15.3. The van der Waals surface area contributed by atoms with Crippen molar-refractivity contribution in [3.63, 3.8) is 0 Å². The molecule has 1 atom stereocenters. The highest BCUT2D eigenvalue weighted by atomic mass is 16.6. The van der Waals surface area contributed by atoms with Gasteiger partial charge in [0.25, 0.3) is 0 Å². The topological polar surface area (TPSA) is 40.2 Å². The fourth-order valence-corrected chi connectivity index (χ4v) is 1.93. The third kappa shape index (κ3) is 3.90. The van der Waals surface area contributed by atoms with Crippen LogP contribution in [0.15, 0.2) is 16.6 Å². The molecule has 0 aliphatic carbocycles. The van der Waals surface area contributed by atoms with Crippen molar-refractivity contribution >= 4 is 5.71 Å². The van der Waals surface area contributed by atoms with Gasteiger partial charge in [0.1, 0.15) is 0 Å². The highest BCUT2D eigenvalue weighted by Crippen LogP contribution is 2.31. The minimum absolute atomic E-state index is 0.278. The summed E-state index contributed by atoms with van der Waals surface area (Å²) in [5, 5.41) is 3.44. The van der Waals surface area contributed by atoms with Crippen molar-refractivity contribution in [2.24, 2.45) is 4.99 Å². The SMILES string of the molecule is CCCCNC/C(C)=C/C(=NC)C1(N(C)C)CO1. The number of ether oxygens (including phenoxy) is 1. The predicted molar refractivity (Wildman–Crippen MR) is 77.3 cm³/mol. The Labute approximate surface area is 111 Å². The van der Waals surface area contributed by atoms with Crippen molar-refractivity contribution in [3.8, 4) is 0 Å². The van der Waals surface area contributed by atoms with E-state index in [1.54, 1.807) is 0 Å². The van der Waals surface area contributed by atoms with Crippen molar-refractivity contribution in [3.05, 3.63) is 11.6 Å². The second-order valence-electron chi connectivity index (χ2n) is 5.10. The highest BCUT2D eigenvalue weighted by Gasteiger charge is 2.51. The molecule has 18 heavy (non-hydrogen) atoms. The second-order valence-corrected chi connectivity index (χ2v) is 5.10. The third-order valence-electron chi connectivity index (χ3n) is 3.28. The number of nitrogens with zero attached hydrogens (tertiary/aromatic N) is 2. The Balaban J connectivity index is 2.52. The van der Waals surface area contributed by atoms with E-state index in [-0.39, 0.29) is 5.72 Å². The molecule has 1 aliphatic rings. The minimum Gasteiger partial charge on any atom is -0.347 e. The zero-order valence-electron chi connectivity index (χ0n) is 12.4. The number of rotatable bonds is 8. The minimum atomic E-state index is -0.278. The average Bonchev–Trinajstić information content (AvgIpc) is 3.13. The van der Waals surface area contributed by atoms with E-state index in [2.05, 4.69) is 35.1 Å². The van der Waals surface area contributed by atoms with Crippen LogP contribution in [0.2, 0.25) is 0 Å². The van der Waals surface area contributed by atoms with Crippen LogP contribution in [0.1, 0.15) is 26.7 Å². The van der Waals surface area contributed by atoms with Crippen molar-refractivity contribution in [2.75, 3.05) is 40.8 Å². The maximum atomic E-state index is 5.58. The van der Waals surface area contributed by atoms with Crippen LogP contribution in [0.25, 0.3) is 0 Å². The van der Waals surface area contributed by atoms with Crippen molar-refractivity contribution in [1.29, 1.82) is 0 Å². The van der Waals surface area contributed by atoms with E-state index in [4.69, 9.17) is 4.74 Å². The first-order valence-corrected chi connectivity index (χ1v) is 6.73. The third-order valence-corrected chi connectivity index (χ3v) is 3.28. The molecule has 4 nitrogen and oxygen atoms in total. The summed E-state index contributed by atoms with van der Waals surface area (Å²) in [5.41, 5.74) is 2.03. The summed E-state index contributed by atoms with van der Waals surface area (Å²) in [6, 6.07) is 0. The van der Waals surface area contributed by atoms with E-state index in [1.807, 2.05) is 21.1 Å². The zero-order valence-corrected chi connectivity index (χ0v) is 12.4. The molecular formula is C14H27N3O. The molecule has 1 N–H and O–H groups in total. The molecular weight excluding hydrogens is 226 g/mol. The Hall–Kier alpha value is -0.710. The number of nitrogens with one attached hydrogen (secondary N) is 1. The average molecular weight is 253 g/mol. The van der Waals surface area contributed by atoms with E-state index in [0.717, 1.165) is 25.4 Å². The molecule has 4 heteroatoms. The van der Waals surface area contributed by atoms with Crippen LogP contribution < -0.4 is 5.32 Å². The fraction of sp³-hybridized carbons (Fsp3) is 0.786. The number of hydrogen-bond acceptors (Lipinski definition) is 4. The summed E-state index contributed by atoms with van der Waals surface area (Å²) in [6.07, 6.45) is 4.60. The van der Waals surface area contributed by atoms with Crippen LogP contribution in [0.5, 0.6) is 0 Å². The normalized spacial score (nSPS) is 24.8.